The Morgan fingerprint density at radius 1 is 1.15 bits per heavy atom. The van der Waals surface area contributed by atoms with Gasteiger partial charge in [-0.1, -0.05) is 23.7 Å². The van der Waals surface area contributed by atoms with Gasteiger partial charge < -0.3 is 14.0 Å². The smallest absolute Gasteiger partial charge is 0.340 e. The van der Waals surface area contributed by atoms with Gasteiger partial charge in [0.15, 0.2) is 6.10 Å². The first-order valence-electron chi connectivity index (χ1n) is 13.7. The van der Waals surface area contributed by atoms with Crippen molar-refractivity contribution in [1.29, 1.82) is 0 Å². The van der Waals surface area contributed by atoms with Gasteiger partial charge in [-0.15, -0.1) is 0 Å². The normalized spacial score (nSPS) is 14.4. The molecule has 8 heteroatoms. The Hall–Kier alpha value is -3.16. The van der Waals surface area contributed by atoms with Crippen molar-refractivity contribution in [2.75, 3.05) is 6.61 Å². The van der Waals surface area contributed by atoms with Gasteiger partial charge in [-0.05, 0) is 83.6 Å². The first-order chi connectivity index (χ1) is 18.6. The molecular formula is C31H37ClN4O3. The monoisotopic (exact) mass is 548 g/mol. The van der Waals surface area contributed by atoms with Gasteiger partial charge >= 0.3 is 5.97 Å². The standard InChI is InChI=1S/C31H37ClN4O3/c1-7-38-30(37)28(39-31(3,4)5)25-19(2)34-29-27(26(25)21-12-14-22(32)15-13-21)23-10-8-9-11-24(23)36(29)18-20-16-33-35(6)17-20/h12-17,28H,7-11,18H2,1-6H3/t28-/m0/s1. The minimum atomic E-state index is -0.923. The molecule has 0 bridgehead atoms. The zero-order valence-electron chi connectivity index (χ0n) is 23.7. The summed E-state index contributed by atoms with van der Waals surface area (Å²) < 4.78 is 16.2. The number of aryl methyl sites for hydroxylation is 3. The molecule has 0 amide bonds. The van der Waals surface area contributed by atoms with E-state index >= 15 is 0 Å². The number of hydrogen-bond acceptors (Lipinski definition) is 5. The van der Waals surface area contributed by atoms with Crippen molar-refractivity contribution < 1.29 is 14.3 Å². The summed E-state index contributed by atoms with van der Waals surface area (Å²) in [5, 5.41) is 6.14. The number of esters is 1. The second-order valence-electron chi connectivity index (χ2n) is 11.3. The van der Waals surface area contributed by atoms with Gasteiger partial charge in [0.1, 0.15) is 5.65 Å². The van der Waals surface area contributed by atoms with Crippen LogP contribution in [0.3, 0.4) is 0 Å². The number of aromatic nitrogens is 4. The van der Waals surface area contributed by atoms with Gasteiger partial charge in [-0.25, -0.2) is 9.78 Å². The molecule has 0 unspecified atom stereocenters. The Kier molecular flexibility index (Phi) is 7.57. The fourth-order valence-electron chi connectivity index (χ4n) is 5.71. The Morgan fingerprint density at radius 2 is 1.87 bits per heavy atom. The van der Waals surface area contributed by atoms with Crippen molar-refractivity contribution in [3.05, 3.63) is 69.8 Å². The van der Waals surface area contributed by atoms with E-state index in [2.05, 4.69) is 15.9 Å². The average Bonchev–Trinajstić information content (AvgIpc) is 3.43. The molecule has 7 nitrogen and oxygen atoms in total. The number of rotatable bonds is 7. The van der Waals surface area contributed by atoms with E-state index in [1.54, 1.807) is 0 Å². The molecule has 4 aromatic rings. The minimum Gasteiger partial charge on any atom is -0.464 e. The van der Waals surface area contributed by atoms with Gasteiger partial charge in [0.25, 0.3) is 0 Å². The van der Waals surface area contributed by atoms with E-state index in [-0.39, 0.29) is 6.61 Å². The van der Waals surface area contributed by atoms with Crippen LogP contribution in [0.15, 0.2) is 36.7 Å². The molecule has 206 valence electrons. The van der Waals surface area contributed by atoms with Gasteiger partial charge in [0.2, 0.25) is 0 Å². The number of ether oxygens (including phenoxy) is 2. The van der Waals surface area contributed by atoms with Crippen molar-refractivity contribution in [3.63, 3.8) is 0 Å². The summed E-state index contributed by atoms with van der Waals surface area (Å²) in [6.07, 6.45) is 7.24. The van der Waals surface area contributed by atoms with E-state index in [1.165, 1.54) is 11.3 Å². The third-order valence-electron chi connectivity index (χ3n) is 7.19. The van der Waals surface area contributed by atoms with E-state index in [0.29, 0.717) is 11.6 Å². The van der Waals surface area contributed by atoms with Gasteiger partial charge in [0, 0.05) is 51.7 Å². The third kappa shape index (κ3) is 5.48. The number of nitrogens with zero attached hydrogens (tertiary/aromatic N) is 4. The second-order valence-corrected chi connectivity index (χ2v) is 11.7. The van der Waals surface area contributed by atoms with Crippen molar-refractivity contribution in [2.45, 2.75) is 78.6 Å². The molecule has 1 aliphatic carbocycles. The minimum absolute atomic E-state index is 0.269. The molecule has 1 aromatic carbocycles. The van der Waals surface area contributed by atoms with E-state index in [4.69, 9.17) is 26.1 Å². The highest BCUT2D eigenvalue weighted by Gasteiger charge is 2.35. The topological polar surface area (TPSA) is 71.2 Å². The maximum atomic E-state index is 13.5. The maximum absolute atomic E-state index is 13.5. The molecule has 1 atom stereocenters. The fraction of sp³-hybridized carbons (Fsp3) is 0.452. The molecule has 0 saturated carbocycles. The van der Waals surface area contributed by atoms with E-state index < -0.39 is 17.7 Å². The number of pyridine rings is 1. The lowest BCUT2D eigenvalue weighted by Gasteiger charge is -2.29. The molecule has 0 saturated heterocycles. The average molecular weight is 549 g/mol. The van der Waals surface area contributed by atoms with Gasteiger partial charge in [-0.2, -0.15) is 5.10 Å². The zero-order valence-corrected chi connectivity index (χ0v) is 24.4. The molecule has 0 fully saturated rings. The number of benzene rings is 1. The zero-order chi connectivity index (χ0) is 27.9. The van der Waals surface area contributed by atoms with Crippen LogP contribution in [0, 0.1) is 6.92 Å². The van der Waals surface area contributed by atoms with Crippen LogP contribution in [0.5, 0.6) is 0 Å². The van der Waals surface area contributed by atoms with Crippen molar-refractivity contribution in [2.24, 2.45) is 7.05 Å². The summed E-state index contributed by atoms with van der Waals surface area (Å²) in [4.78, 5) is 18.7. The molecule has 1 aliphatic rings. The van der Waals surface area contributed by atoms with Gasteiger partial charge in [0.05, 0.1) is 24.9 Å². The van der Waals surface area contributed by atoms with Crippen LogP contribution in [0.2, 0.25) is 5.02 Å². The lowest BCUT2D eigenvalue weighted by Crippen LogP contribution is -2.30. The van der Waals surface area contributed by atoms with Crippen LogP contribution >= 0.6 is 11.6 Å². The highest BCUT2D eigenvalue weighted by molar-refractivity contribution is 6.30. The van der Waals surface area contributed by atoms with Crippen LogP contribution in [-0.4, -0.2) is 37.5 Å². The van der Waals surface area contributed by atoms with Crippen LogP contribution in [-0.2, 0) is 40.7 Å². The van der Waals surface area contributed by atoms with E-state index in [0.717, 1.165) is 64.7 Å². The molecule has 5 rings (SSSR count). The third-order valence-corrected chi connectivity index (χ3v) is 7.45. The molecule has 0 radical (unpaired) electrons. The Balaban J connectivity index is 1.85. The SMILES string of the molecule is CCOC(=O)[C@@H](OC(C)(C)C)c1c(C)nc2c(c3c(n2Cc2cnn(C)c2)CCCC3)c1-c1ccc(Cl)cc1. The summed E-state index contributed by atoms with van der Waals surface area (Å²) in [5.41, 5.74) is 7.53. The molecule has 3 heterocycles. The molecule has 0 N–H and O–H groups in total. The second kappa shape index (κ2) is 10.8. The summed E-state index contributed by atoms with van der Waals surface area (Å²) in [7, 11) is 1.94. The number of fused-ring (bicyclic) bond motifs is 3. The van der Waals surface area contributed by atoms with Crippen molar-refractivity contribution in [1.82, 2.24) is 19.3 Å². The Bertz CT molecular complexity index is 1510. The highest BCUT2D eigenvalue weighted by atomic mass is 35.5. The predicted octanol–water partition coefficient (Wildman–Crippen LogP) is 6.75. The van der Waals surface area contributed by atoms with Crippen LogP contribution in [0.4, 0.5) is 0 Å². The summed E-state index contributed by atoms with van der Waals surface area (Å²) in [6.45, 7) is 10.6. The number of hydrogen-bond donors (Lipinski definition) is 0. The number of carbonyl (C=O) groups excluding carboxylic acids is 1. The maximum Gasteiger partial charge on any atom is 0.340 e. The van der Waals surface area contributed by atoms with Crippen LogP contribution in [0.25, 0.3) is 22.2 Å². The summed E-state index contributed by atoms with van der Waals surface area (Å²) >= 11 is 6.32. The highest BCUT2D eigenvalue weighted by Crippen LogP contribution is 2.44. The quantitative estimate of drug-likeness (QED) is 0.239. The number of carbonyl (C=O) groups is 1. The molecular weight excluding hydrogens is 512 g/mol. The predicted molar refractivity (Wildman–Crippen MR) is 154 cm³/mol. The summed E-state index contributed by atoms with van der Waals surface area (Å²) in [5.74, 6) is -0.407. The van der Waals surface area contributed by atoms with E-state index in [9.17, 15) is 4.79 Å². The lowest BCUT2D eigenvalue weighted by atomic mass is 9.88. The molecule has 39 heavy (non-hydrogen) atoms. The van der Waals surface area contributed by atoms with E-state index in [1.807, 2.05) is 76.8 Å². The Labute approximate surface area is 235 Å². The first kappa shape index (κ1) is 27.4. The molecule has 0 spiro atoms. The fourth-order valence-corrected chi connectivity index (χ4v) is 5.83. The van der Waals surface area contributed by atoms with Crippen LogP contribution < -0.4 is 0 Å². The largest absolute Gasteiger partial charge is 0.464 e. The first-order valence-corrected chi connectivity index (χ1v) is 14.1. The summed E-state index contributed by atoms with van der Waals surface area (Å²) in [6, 6.07) is 7.83. The van der Waals surface area contributed by atoms with Crippen molar-refractivity contribution in [3.8, 4) is 11.1 Å². The Morgan fingerprint density at radius 3 is 2.51 bits per heavy atom. The lowest BCUT2D eigenvalue weighted by molar-refractivity contribution is -0.166. The molecule has 3 aromatic heterocycles. The molecule has 0 aliphatic heterocycles. The number of halogens is 1. The van der Waals surface area contributed by atoms with Crippen LogP contribution in [0.1, 0.15) is 74.7 Å². The van der Waals surface area contributed by atoms with Gasteiger partial charge in [-0.3, -0.25) is 4.68 Å². The van der Waals surface area contributed by atoms with Crippen molar-refractivity contribution >= 4 is 28.6 Å².